The van der Waals surface area contributed by atoms with E-state index in [1.165, 1.54) is 9.13 Å². The summed E-state index contributed by atoms with van der Waals surface area (Å²) in [6.07, 6.45) is 0.882. The molecule has 0 aliphatic heterocycles. The number of hydrogen-bond acceptors (Lipinski definition) is 3. The van der Waals surface area contributed by atoms with Crippen molar-refractivity contribution in [2.45, 2.75) is 71.1 Å². The van der Waals surface area contributed by atoms with Crippen LogP contribution >= 0.6 is 38.5 Å². The van der Waals surface area contributed by atoms with Gasteiger partial charge in [0.15, 0.2) is 8.32 Å². The van der Waals surface area contributed by atoms with Gasteiger partial charge in [-0.3, -0.25) is 0 Å². The van der Waals surface area contributed by atoms with Gasteiger partial charge in [-0.15, -0.1) is 0 Å². The van der Waals surface area contributed by atoms with Crippen LogP contribution in [-0.2, 0) is 15.8 Å². The summed E-state index contributed by atoms with van der Waals surface area (Å²) >= 11 is 6.01. The molecule has 2 rings (SSSR count). The third kappa shape index (κ3) is 7.33. The van der Waals surface area contributed by atoms with Gasteiger partial charge in [-0.25, -0.2) is 0 Å². The Labute approximate surface area is 205 Å². The normalized spacial score (nSPS) is 14.4. The summed E-state index contributed by atoms with van der Waals surface area (Å²) in [5.41, 5.74) is 2.33. The Bertz CT molecular complexity index is 818. The van der Waals surface area contributed by atoms with Crippen molar-refractivity contribution >= 4 is 46.8 Å². The second-order valence-corrected chi connectivity index (χ2v) is 16.1. The second kappa shape index (κ2) is 10.9. The van der Waals surface area contributed by atoms with Crippen molar-refractivity contribution in [2.24, 2.45) is 0 Å². The van der Waals surface area contributed by atoms with Gasteiger partial charge < -0.3 is 13.9 Å². The molecular weight excluding hydrogens is 571 g/mol. The quantitative estimate of drug-likeness (QED) is 0.214. The highest BCUT2D eigenvalue weighted by Gasteiger charge is 2.38. The zero-order chi connectivity index (χ0) is 22.5. The highest BCUT2D eigenvalue weighted by Crippen LogP contribution is 2.39. The number of methoxy groups -OCH3 is 1. The topological polar surface area (TPSA) is 27.7 Å². The molecule has 0 aliphatic rings. The molecule has 0 heterocycles. The number of benzene rings is 2. The molecular formula is C24H34BrIO3Si. The van der Waals surface area contributed by atoms with Gasteiger partial charge in [-0.2, -0.15) is 0 Å². The Kier molecular flexibility index (Phi) is 9.43. The maximum absolute atomic E-state index is 6.63. The SMILES string of the molecule is COc1ccc(COC(CC(C)O[Si](C)(C)C(C)(C)C)c2cc(Br)ccc2I)cc1. The van der Waals surface area contributed by atoms with Crippen LogP contribution in [0.15, 0.2) is 46.9 Å². The third-order valence-electron chi connectivity index (χ3n) is 5.76. The molecule has 6 heteroatoms. The molecule has 0 saturated carbocycles. The predicted octanol–water partition coefficient (Wildman–Crippen LogP) is 8.12. The van der Waals surface area contributed by atoms with Crippen molar-refractivity contribution in [3.8, 4) is 5.75 Å². The average Bonchev–Trinajstić information content (AvgIpc) is 2.66. The van der Waals surface area contributed by atoms with Crippen LogP contribution in [0, 0.1) is 3.57 Å². The summed E-state index contributed by atoms with van der Waals surface area (Å²) in [5, 5.41) is 0.185. The highest BCUT2D eigenvalue weighted by atomic mass is 127. The Morgan fingerprint density at radius 3 is 2.27 bits per heavy atom. The number of rotatable bonds is 9. The van der Waals surface area contributed by atoms with Gasteiger partial charge in [0.25, 0.3) is 0 Å². The van der Waals surface area contributed by atoms with Crippen molar-refractivity contribution in [1.29, 1.82) is 0 Å². The average molecular weight is 605 g/mol. The maximum atomic E-state index is 6.63. The molecule has 0 saturated heterocycles. The van der Waals surface area contributed by atoms with Crippen LogP contribution in [0.1, 0.15) is 51.3 Å². The van der Waals surface area contributed by atoms with Gasteiger partial charge >= 0.3 is 0 Å². The third-order valence-corrected chi connectivity index (χ3v) is 11.8. The van der Waals surface area contributed by atoms with Gasteiger partial charge in [0.2, 0.25) is 0 Å². The molecule has 166 valence electrons. The van der Waals surface area contributed by atoms with Crippen LogP contribution in [-0.4, -0.2) is 21.5 Å². The molecule has 0 bridgehead atoms. The lowest BCUT2D eigenvalue weighted by Crippen LogP contribution is -2.43. The van der Waals surface area contributed by atoms with Crippen LogP contribution in [0.4, 0.5) is 0 Å². The molecule has 0 aliphatic carbocycles. The van der Waals surface area contributed by atoms with E-state index in [4.69, 9.17) is 13.9 Å². The molecule has 2 aromatic rings. The minimum Gasteiger partial charge on any atom is -0.497 e. The van der Waals surface area contributed by atoms with Crippen molar-refractivity contribution in [1.82, 2.24) is 0 Å². The lowest BCUT2D eigenvalue weighted by molar-refractivity contribution is 0.00829. The molecule has 0 aromatic heterocycles. The molecule has 0 radical (unpaired) electrons. The van der Waals surface area contributed by atoms with Gasteiger partial charge in [0, 0.05) is 20.6 Å². The molecule has 2 aromatic carbocycles. The highest BCUT2D eigenvalue weighted by molar-refractivity contribution is 14.1. The molecule has 2 atom stereocenters. The molecule has 3 nitrogen and oxygen atoms in total. The Morgan fingerprint density at radius 2 is 1.70 bits per heavy atom. The van der Waals surface area contributed by atoms with Crippen molar-refractivity contribution in [2.75, 3.05) is 7.11 Å². The largest absolute Gasteiger partial charge is 0.497 e. The van der Waals surface area contributed by atoms with Gasteiger partial charge in [-0.05, 0) is 89.1 Å². The fourth-order valence-corrected chi connectivity index (χ4v) is 5.51. The van der Waals surface area contributed by atoms with Crippen LogP contribution in [0.2, 0.25) is 18.1 Å². The summed E-state index contributed by atoms with van der Waals surface area (Å²) in [7, 11) is -0.157. The first kappa shape index (κ1) is 25.8. The Hall–Kier alpha value is -0.413. The molecule has 0 N–H and O–H groups in total. The minimum atomic E-state index is -1.84. The zero-order valence-electron chi connectivity index (χ0n) is 19.1. The van der Waals surface area contributed by atoms with Crippen molar-refractivity contribution in [3.63, 3.8) is 0 Å². The van der Waals surface area contributed by atoms with Crippen LogP contribution in [0.5, 0.6) is 5.75 Å². The standard InChI is InChI=1S/C24H34BrIO3Si/c1-17(29-30(6,7)24(2,3)4)14-23(21-15-19(25)10-13-22(21)26)28-16-18-8-11-20(27-5)12-9-18/h8-13,15,17,23H,14,16H2,1-7H3. The maximum Gasteiger partial charge on any atom is 0.192 e. The van der Waals surface area contributed by atoms with Crippen LogP contribution < -0.4 is 4.74 Å². The molecule has 2 unspecified atom stereocenters. The Balaban J connectivity index is 2.19. The molecule has 30 heavy (non-hydrogen) atoms. The van der Waals surface area contributed by atoms with Gasteiger partial charge in [0.1, 0.15) is 5.75 Å². The van der Waals surface area contributed by atoms with Gasteiger partial charge in [0.05, 0.1) is 19.8 Å². The minimum absolute atomic E-state index is 0.0451. The number of hydrogen-bond donors (Lipinski definition) is 0. The van der Waals surface area contributed by atoms with E-state index in [9.17, 15) is 0 Å². The lowest BCUT2D eigenvalue weighted by atomic mass is 10.0. The molecule has 0 spiro atoms. The zero-order valence-corrected chi connectivity index (χ0v) is 23.8. The first-order valence-electron chi connectivity index (χ1n) is 10.3. The number of ether oxygens (including phenoxy) is 2. The first-order valence-corrected chi connectivity index (χ1v) is 15.1. The number of halogens is 2. The molecule has 0 amide bonds. The van der Waals surface area contributed by atoms with Crippen molar-refractivity contribution in [3.05, 3.63) is 61.6 Å². The summed E-state index contributed by atoms with van der Waals surface area (Å²) in [6, 6.07) is 14.4. The fourth-order valence-electron chi connectivity index (χ4n) is 2.99. The summed E-state index contributed by atoms with van der Waals surface area (Å²) in [4.78, 5) is 0. The van der Waals surface area contributed by atoms with Crippen molar-refractivity contribution < 1.29 is 13.9 Å². The van der Waals surface area contributed by atoms with E-state index in [0.717, 1.165) is 22.2 Å². The first-order chi connectivity index (χ1) is 13.9. The fraction of sp³-hybridized carbons (Fsp3) is 0.500. The van der Waals surface area contributed by atoms with E-state index >= 15 is 0 Å². The summed E-state index contributed by atoms with van der Waals surface area (Å²) in [6.45, 7) is 14.2. The Morgan fingerprint density at radius 1 is 1.07 bits per heavy atom. The lowest BCUT2D eigenvalue weighted by Gasteiger charge is -2.39. The smallest absolute Gasteiger partial charge is 0.192 e. The predicted molar refractivity (Wildman–Crippen MR) is 140 cm³/mol. The van der Waals surface area contributed by atoms with E-state index in [0.29, 0.717) is 6.61 Å². The molecule has 0 fully saturated rings. The van der Waals surface area contributed by atoms with E-state index in [-0.39, 0.29) is 17.2 Å². The van der Waals surface area contributed by atoms with Gasteiger partial charge in [-0.1, -0.05) is 48.8 Å². The van der Waals surface area contributed by atoms with E-state index in [1.807, 2.05) is 12.1 Å². The van der Waals surface area contributed by atoms with Crippen LogP contribution in [0.25, 0.3) is 0 Å². The second-order valence-electron chi connectivity index (χ2n) is 9.24. The van der Waals surface area contributed by atoms with E-state index in [2.05, 4.69) is 110 Å². The monoisotopic (exact) mass is 604 g/mol. The van der Waals surface area contributed by atoms with Crippen LogP contribution in [0.3, 0.4) is 0 Å². The van der Waals surface area contributed by atoms with E-state index in [1.54, 1.807) is 7.11 Å². The summed E-state index contributed by atoms with van der Waals surface area (Å²) in [5.74, 6) is 0.855. The van der Waals surface area contributed by atoms with E-state index < -0.39 is 8.32 Å². The summed E-state index contributed by atoms with van der Waals surface area (Å²) < 4.78 is 20.6.